The number of likely N-dealkylation sites (N-methyl/N-ethyl adjacent to an activating group) is 1. The average Bonchev–Trinajstić information content (AvgIpc) is 2.82. The van der Waals surface area contributed by atoms with Crippen molar-refractivity contribution in [3.63, 3.8) is 0 Å². The van der Waals surface area contributed by atoms with Gasteiger partial charge in [0, 0.05) is 25.2 Å². The fourth-order valence-corrected chi connectivity index (χ4v) is 2.97. The molecule has 2 atom stereocenters. The molecule has 0 radical (unpaired) electrons. The van der Waals surface area contributed by atoms with Gasteiger partial charge in [-0.25, -0.2) is 0 Å². The van der Waals surface area contributed by atoms with E-state index < -0.39 is 0 Å². The Kier molecular flexibility index (Phi) is 7.15. The van der Waals surface area contributed by atoms with Crippen LogP contribution in [-0.2, 0) is 4.74 Å². The Hall–Kier alpha value is -0.160. The molecule has 0 bridgehead atoms. The van der Waals surface area contributed by atoms with Gasteiger partial charge < -0.3 is 15.2 Å². The number of nitrogens with zero attached hydrogens (tertiary/aromatic N) is 1. The minimum atomic E-state index is -0.0405. The second-order valence-corrected chi connectivity index (χ2v) is 5.38. The molecule has 1 aliphatic carbocycles. The first kappa shape index (κ1) is 15.9. The van der Waals surface area contributed by atoms with E-state index in [0.29, 0.717) is 6.04 Å². The van der Waals surface area contributed by atoms with E-state index in [9.17, 15) is 5.11 Å². The Morgan fingerprint density at radius 2 is 2.22 bits per heavy atom. The number of aliphatic hydroxyl groups is 1. The summed E-state index contributed by atoms with van der Waals surface area (Å²) in [4.78, 5) is 2.48. The van der Waals surface area contributed by atoms with Crippen molar-refractivity contribution in [1.29, 1.82) is 0 Å². The molecule has 0 heterocycles. The van der Waals surface area contributed by atoms with Gasteiger partial charge in [-0.3, -0.25) is 4.90 Å². The molecule has 0 aromatic carbocycles. The predicted molar refractivity (Wildman–Crippen MR) is 74.9 cm³/mol. The molecule has 4 heteroatoms. The van der Waals surface area contributed by atoms with Gasteiger partial charge in [-0.05, 0) is 38.8 Å². The Morgan fingerprint density at radius 3 is 2.78 bits per heavy atom. The van der Waals surface area contributed by atoms with E-state index in [1.807, 2.05) is 0 Å². The molecule has 18 heavy (non-hydrogen) atoms. The molecule has 0 aromatic heterocycles. The Bertz CT molecular complexity index is 226. The molecule has 2 N–H and O–H groups in total. The van der Waals surface area contributed by atoms with Crippen molar-refractivity contribution < 1.29 is 9.84 Å². The summed E-state index contributed by atoms with van der Waals surface area (Å²) in [5.41, 5.74) is -0.0405. The van der Waals surface area contributed by atoms with E-state index >= 15 is 0 Å². The van der Waals surface area contributed by atoms with Crippen LogP contribution in [0.4, 0.5) is 0 Å². The Balaban J connectivity index is 2.50. The molecule has 0 aliphatic heterocycles. The van der Waals surface area contributed by atoms with Gasteiger partial charge in [0.05, 0.1) is 13.2 Å². The van der Waals surface area contributed by atoms with Gasteiger partial charge in [-0.15, -0.1) is 0 Å². The second kappa shape index (κ2) is 8.10. The molecular weight excluding hydrogens is 228 g/mol. The lowest BCUT2D eigenvalue weighted by Gasteiger charge is -2.32. The molecule has 0 aromatic rings. The van der Waals surface area contributed by atoms with Crippen LogP contribution in [0.25, 0.3) is 0 Å². The summed E-state index contributed by atoms with van der Waals surface area (Å²) >= 11 is 0. The van der Waals surface area contributed by atoms with Crippen LogP contribution >= 0.6 is 0 Å². The summed E-state index contributed by atoms with van der Waals surface area (Å²) in [5, 5.41) is 13.2. The van der Waals surface area contributed by atoms with Gasteiger partial charge in [-0.1, -0.05) is 13.8 Å². The Morgan fingerprint density at radius 1 is 1.44 bits per heavy atom. The fourth-order valence-electron chi connectivity index (χ4n) is 2.97. The summed E-state index contributed by atoms with van der Waals surface area (Å²) in [6, 6.07) is 0.585. The molecule has 1 fully saturated rings. The molecule has 0 spiro atoms. The number of aliphatic hydroxyl groups excluding tert-OH is 1. The van der Waals surface area contributed by atoms with E-state index in [1.165, 1.54) is 6.42 Å². The van der Waals surface area contributed by atoms with Gasteiger partial charge in [0.2, 0.25) is 0 Å². The summed E-state index contributed by atoms with van der Waals surface area (Å²) in [7, 11) is 1.75. The third-order valence-electron chi connectivity index (χ3n) is 4.14. The van der Waals surface area contributed by atoms with Crippen LogP contribution in [0.3, 0.4) is 0 Å². The highest BCUT2D eigenvalue weighted by atomic mass is 16.5. The largest absolute Gasteiger partial charge is 0.394 e. The van der Waals surface area contributed by atoms with Crippen molar-refractivity contribution in [2.24, 2.45) is 0 Å². The van der Waals surface area contributed by atoms with Crippen molar-refractivity contribution >= 4 is 0 Å². The SMILES string of the molecule is CCCNC1(CO)CCC(N(CC)CCOC)C1. The van der Waals surface area contributed by atoms with E-state index in [-0.39, 0.29) is 12.1 Å². The van der Waals surface area contributed by atoms with Crippen LogP contribution in [0, 0.1) is 0 Å². The molecule has 0 amide bonds. The minimum Gasteiger partial charge on any atom is -0.394 e. The van der Waals surface area contributed by atoms with Crippen molar-refractivity contribution in [3.05, 3.63) is 0 Å². The zero-order chi connectivity index (χ0) is 13.4. The first-order valence-electron chi connectivity index (χ1n) is 7.30. The molecular formula is C14H30N2O2. The van der Waals surface area contributed by atoms with E-state index in [2.05, 4.69) is 24.1 Å². The standard InChI is InChI=1S/C14H30N2O2/c1-4-8-15-14(12-17)7-6-13(11-14)16(5-2)9-10-18-3/h13,15,17H,4-12H2,1-3H3. The maximum Gasteiger partial charge on any atom is 0.0613 e. The van der Waals surface area contributed by atoms with Gasteiger partial charge in [0.1, 0.15) is 0 Å². The highest BCUT2D eigenvalue weighted by molar-refractivity contribution is 4.99. The summed E-state index contributed by atoms with van der Waals surface area (Å²) in [6.07, 6.45) is 4.43. The quantitative estimate of drug-likeness (QED) is 0.653. The number of hydrogen-bond donors (Lipinski definition) is 2. The van der Waals surface area contributed by atoms with Gasteiger partial charge in [0.25, 0.3) is 0 Å². The van der Waals surface area contributed by atoms with Crippen LogP contribution < -0.4 is 5.32 Å². The van der Waals surface area contributed by atoms with Gasteiger partial charge in [0.15, 0.2) is 0 Å². The number of methoxy groups -OCH3 is 1. The lowest BCUT2D eigenvalue weighted by molar-refractivity contribution is 0.112. The number of rotatable bonds is 9. The first-order valence-corrected chi connectivity index (χ1v) is 7.30. The molecule has 2 unspecified atom stereocenters. The summed E-state index contributed by atoms with van der Waals surface area (Å²) in [5.74, 6) is 0. The van der Waals surface area contributed by atoms with E-state index in [4.69, 9.17) is 4.74 Å². The number of hydrogen-bond acceptors (Lipinski definition) is 4. The lowest BCUT2D eigenvalue weighted by atomic mass is 9.98. The van der Waals surface area contributed by atoms with Crippen molar-refractivity contribution in [1.82, 2.24) is 10.2 Å². The molecule has 0 saturated heterocycles. The molecule has 108 valence electrons. The highest BCUT2D eigenvalue weighted by Crippen LogP contribution is 2.32. The zero-order valence-electron chi connectivity index (χ0n) is 12.2. The van der Waals surface area contributed by atoms with Gasteiger partial charge >= 0.3 is 0 Å². The Labute approximate surface area is 112 Å². The molecule has 1 saturated carbocycles. The third-order valence-corrected chi connectivity index (χ3v) is 4.14. The summed E-state index contributed by atoms with van der Waals surface area (Å²) in [6.45, 7) is 8.47. The van der Waals surface area contributed by atoms with Crippen molar-refractivity contribution in [3.8, 4) is 0 Å². The monoisotopic (exact) mass is 258 g/mol. The van der Waals surface area contributed by atoms with Crippen LogP contribution in [0.5, 0.6) is 0 Å². The third kappa shape index (κ3) is 4.19. The highest BCUT2D eigenvalue weighted by Gasteiger charge is 2.39. The van der Waals surface area contributed by atoms with E-state index in [1.54, 1.807) is 7.11 Å². The molecule has 4 nitrogen and oxygen atoms in total. The fraction of sp³-hybridized carbons (Fsp3) is 1.00. The number of nitrogens with one attached hydrogen (secondary N) is 1. The number of ether oxygens (including phenoxy) is 1. The topological polar surface area (TPSA) is 44.7 Å². The predicted octanol–water partition coefficient (Wildman–Crippen LogP) is 1.24. The maximum atomic E-state index is 9.69. The van der Waals surface area contributed by atoms with Gasteiger partial charge in [-0.2, -0.15) is 0 Å². The molecule has 1 rings (SSSR count). The summed E-state index contributed by atoms with van der Waals surface area (Å²) < 4.78 is 5.17. The minimum absolute atomic E-state index is 0.0405. The van der Waals surface area contributed by atoms with Crippen molar-refractivity contribution in [2.45, 2.75) is 51.1 Å². The second-order valence-electron chi connectivity index (χ2n) is 5.38. The first-order chi connectivity index (χ1) is 8.71. The normalized spacial score (nSPS) is 28.2. The molecule has 1 aliphatic rings. The van der Waals surface area contributed by atoms with Crippen LogP contribution in [0.1, 0.15) is 39.5 Å². The maximum absolute atomic E-state index is 9.69. The van der Waals surface area contributed by atoms with Crippen LogP contribution in [-0.4, -0.2) is 61.5 Å². The van der Waals surface area contributed by atoms with Crippen LogP contribution in [0.15, 0.2) is 0 Å². The van der Waals surface area contributed by atoms with E-state index in [0.717, 1.165) is 45.5 Å². The van der Waals surface area contributed by atoms with Crippen LogP contribution in [0.2, 0.25) is 0 Å². The smallest absolute Gasteiger partial charge is 0.0613 e. The lowest BCUT2D eigenvalue weighted by Crippen LogP contribution is -2.48. The average molecular weight is 258 g/mol. The zero-order valence-corrected chi connectivity index (χ0v) is 12.2. The van der Waals surface area contributed by atoms with Crippen molar-refractivity contribution in [2.75, 3.05) is 40.0 Å².